The molecule has 0 unspecified atom stereocenters. The van der Waals surface area contributed by atoms with Crippen LogP contribution in [0.3, 0.4) is 0 Å². The van der Waals surface area contributed by atoms with Crippen LogP contribution < -0.4 is 5.32 Å². The summed E-state index contributed by atoms with van der Waals surface area (Å²) >= 11 is 0. The Kier molecular flexibility index (Phi) is 5.84. The van der Waals surface area contributed by atoms with Crippen LogP contribution >= 0.6 is 0 Å². The molecule has 4 aromatic rings. The fourth-order valence-corrected chi connectivity index (χ4v) is 2.85. The topological polar surface area (TPSA) is 120 Å². The number of benzene rings is 1. The second-order valence-corrected chi connectivity index (χ2v) is 7.90. The van der Waals surface area contributed by atoms with Crippen molar-refractivity contribution in [3.05, 3.63) is 66.7 Å². The number of azo groups is 1. The molecule has 3 aromatic heterocycles. The van der Waals surface area contributed by atoms with Crippen molar-refractivity contribution in [1.29, 1.82) is 0 Å². The van der Waals surface area contributed by atoms with E-state index in [1.165, 1.54) is 6.33 Å². The van der Waals surface area contributed by atoms with E-state index in [1.54, 1.807) is 43.9 Å². The van der Waals surface area contributed by atoms with Crippen LogP contribution in [0.15, 0.2) is 71.4 Å². The Bertz CT molecular complexity index is 1240. The van der Waals surface area contributed by atoms with Crippen LogP contribution in [0.2, 0.25) is 0 Å². The maximum Gasteiger partial charge on any atom is 0.413 e. The lowest BCUT2D eigenvalue weighted by molar-refractivity contribution is 0.0635. The number of nitrogens with one attached hydrogen (secondary N) is 1. The molecule has 0 saturated carbocycles. The molecule has 0 saturated heterocycles. The highest BCUT2D eigenvalue weighted by atomic mass is 16.6. The van der Waals surface area contributed by atoms with Gasteiger partial charge in [0.05, 0.1) is 23.8 Å². The van der Waals surface area contributed by atoms with E-state index in [0.717, 1.165) is 11.3 Å². The van der Waals surface area contributed by atoms with Crippen molar-refractivity contribution >= 4 is 28.8 Å². The number of hydrogen-bond acceptors (Lipinski definition) is 8. The third-order valence-electron chi connectivity index (χ3n) is 4.22. The molecule has 0 bridgehead atoms. The summed E-state index contributed by atoms with van der Waals surface area (Å²) in [6.45, 7) is 5.70. The van der Waals surface area contributed by atoms with E-state index in [2.05, 4.69) is 35.6 Å². The van der Waals surface area contributed by atoms with Gasteiger partial charge in [0.25, 0.3) is 0 Å². The van der Waals surface area contributed by atoms with Crippen molar-refractivity contribution in [2.24, 2.45) is 10.2 Å². The normalized spacial score (nSPS) is 11.7. The minimum Gasteiger partial charge on any atom is -0.444 e. The van der Waals surface area contributed by atoms with E-state index in [1.807, 2.05) is 36.4 Å². The summed E-state index contributed by atoms with van der Waals surface area (Å²) in [5, 5.41) is 16.2. The summed E-state index contributed by atoms with van der Waals surface area (Å²) < 4.78 is 6.94. The van der Waals surface area contributed by atoms with Gasteiger partial charge in [-0.05, 0) is 44.5 Å². The summed E-state index contributed by atoms with van der Waals surface area (Å²) in [5.41, 5.74) is 1.80. The first-order valence-electron chi connectivity index (χ1n) is 9.96. The van der Waals surface area contributed by atoms with Gasteiger partial charge < -0.3 is 4.74 Å². The molecule has 0 fully saturated rings. The standard InChI is InChI=1S/C22H22N8O2/c1-22(2,3)32-21(31)28-18-10-9-15(11-23-18)12-26-29-19-17-13-27-30(20(17)25-14-24-19)16-7-5-4-6-8-16/h4-11,13-14H,12H2,1-3H3,(H,23,28,31). The molecule has 3 heterocycles. The summed E-state index contributed by atoms with van der Waals surface area (Å²) in [5.74, 6) is 0.833. The Morgan fingerprint density at radius 3 is 2.59 bits per heavy atom. The van der Waals surface area contributed by atoms with E-state index in [4.69, 9.17) is 4.74 Å². The predicted octanol–water partition coefficient (Wildman–Crippen LogP) is 4.84. The Labute approximate surface area is 184 Å². The summed E-state index contributed by atoms with van der Waals surface area (Å²) in [4.78, 5) is 24.6. The summed E-state index contributed by atoms with van der Waals surface area (Å²) in [6.07, 6.45) is 4.18. The molecule has 1 N–H and O–H groups in total. The third kappa shape index (κ3) is 5.09. The van der Waals surface area contributed by atoms with Gasteiger partial charge in [-0.1, -0.05) is 24.3 Å². The lowest BCUT2D eigenvalue weighted by Crippen LogP contribution is -2.27. The number of aromatic nitrogens is 5. The number of carbonyl (C=O) groups excluding carboxylic acids is 1. The maximum atomic E-state index is 11.8. The Balaban J connectivity index is 1.43. The van der Waals surface area contributed by atoms with Gasteiger partial charge in [0, 0.05) is 6.20 Å². The zero-order valence-corrected chi connectivity index (χ0v) is 17.9. The number of anilines is 1. The minimum atomic E-state index is -0.575. The lowest BCUT2D eigenvalue weighted by atomic mass is 10.2. The molecule has 4 rings (SSSR count). The number of pyridine rings is 1. The highest BCUT2D eigenvalue weighted by Gasteiger charge is 2.16. The quantitative estimate of drug-likeness (QED) is 0.452. The van der Waals surface area contributed by atoms with Crippen LogP contribution in [0.1, 0.15) is 26.3 Å². The molecule has 0 atom stereocenters. The fraction of sp³-hybridized carbons (Fsp3) is 0.227. The monoisotopic (exact) mass is 430 g/mol. The second kappa shape index (κ2) is 8.88. The minimum absolute atomic E-state index is 0.304. The van der Waals surface area contributed by atoms with Crippen LogP contribution in [0.25, 0.3) is 16.7 Å². The van der Waals surface area contributed by atoms with Crippen molar-refractivity contribution in [3.8, 4) is 5.69 Å². The van der Waals surface area contributed by atoms with E-state index in [0.29, 0.717) is 29.2 Å². The van der Waals surface area contributed by atoms with Crippen molar-refractivity contribution in [1.82, 2.24) is 24.7 Å². The van der Waals surface area contributed by atoms with E-state index < -0.39 is 11.7 Å². The largest absolute Gasteiger partial charge is 0.444 e. The van der Waals surface area contributed by atoms with Crippen molar-refractivity contribution < 1.29 is 9.53 Å². The SMILES string of the molecule is CC(C)(C)OC(=O)Nc1ccc(CN=Nc2ncnc3c2cnn3-c2ccccc2)cn1. The van der Waals surface area contributed by atoms with Gasteiger partial charge in [-0.2, -0.15) is 10.2 Å². The number of para-hydroxylation sites is 1. The van der Waals surface area contributed by atoms with Gasteiger partial charge in [0.2, 0.25) is 0 Å². The highest BCUT2D eigenvalue weighted by molar-refractivity contribution is 5.85. The molecule has 1 aromatic carbocycles. The first kappa shape index (κ1) is 21.0. The Morgan fingerprint density at radius 2 is 1.88 bits per heavy atom. The van der Waals surface area contributed by atoms with Crippen LogP contribution in [-0.2, 0) is 11.3 Å². The van der Waals surface area contributed by atoms with Gasteiger partial charge in [-0.25, -0.2) is 24.4 Å². The molecule has 0 aliphatic rings. The zero-order valence-electron chi connectivity index (χ0n) is 17.9. The van der Waals surface area contributed by atoms with Crippen molar-refractivity contribution in [2.45, 2.75) is 32.9 Å². The van der Waals surface area contributed by atoms with Gasteiger partial charge in [0.15, 0.2) is 11.5 Å². The highest BCUT2D eigenvalue weighted by Crippen LogP contribution is 2.24. The fourth-order valence-electron chi connectivity index (χ4n) is 2.85. The van der Waals surface area contributed by atoms with Crippen LogP contribution in [0.5, 0.6) is 0 Å². The third-order valence-corrected chi connectivity index (χ3v) is 4.22. The number of carbonyl (C=O) groups is 1. The average molecular weight is 430 g/mol. The Hall–Kier alpha value is -4.21. The summed E-state index contributed by atoms with van der Waals surface area (Å²) in [7, 11) is 0. The molecule has 10 heteroatoms. The molecule has 0 aliphatic heterocycles. The number of hydrogen-bond donors (Lipinski definition) is 1. The van der Waals surface area contributed by atoms with Gasteiger partial charge >= 0.3 is 6.09 Å². The second-order valence-electron chi connectivity index (χ2n) is 7.90. The first-order valence-corrected chi connectivity index (χ1v) is 9.96. The zero-order chi connectivity index (χ0) is 22.6. The van der Waals surface area contributed by atoms with Gasteiger partial charge in [0.1, 0.15) is 17.7 Å². The number of rotatable bonds is 5. The smallest absolute Gasteiger partial charge is 0.413 e. The van der Waals surface area contributed by atoms with Crippen LogP contribution in [-0.4, -0.2) is 36.4 Å². The van der Waals surface area contributed by atoms with Gasteiger partial charge in [-0.3, -0.25) is 5.32 Å². The molecule has 32 heavy (non-hydrogen) atoms. The molecule has 10 nitrogen and oxygen atoms in total. The number of nitrogens with zero attached hydrogens (tertiary/aromatic N) is 7. The maximum absolute atomic E-state index is 11.8. The first-order chi connectivity index (χ1) is 15.4. The van der Waals surface area contributed by atoms with Crippen molar-refractivity contribution in [3.63, 3.8) is 0 Å². The molecule has 0 aliphatic carbocycles. The van der Waals surface area contributed by atoms with E-state index >= 15 is 0 Å². The molecular weight excluding hydrogens is 408 g/mol. The molecule has 162 valence electrons. The van der Waals surface area contributed by atoms with Crippen LogP contribution in [0.4, 0.5) is 16.4 Å². The molecule has 0 spiro atoms. The predicted molar refractivity (Wildman–Crippen MR) is 119 cm³/mol. The number of amides is 1. The Morgan fingerprint density at radius 1 is 1.06 bits per heavy atom. The molecule has 1 amide bonds. The van der Waals surface area contributed by atoms with E-state index in [9.17, 15) is 4.79 Å². The number of ether oxygens (including phenoxy) is 1. The van der Waals surface area contributed by atoms with Gasteiger partial charge in [-0.15, -0.1) is 5.11 Å². The number of fused-ring (bicyclic) bond motifs is 1. The lowest BCUT2D eigenvalue weighted by Gasteiger charge is -2.19. The van der Waals surface area contributed by atoms with Crippen LogP contribution in [0, 0.1) is 0 Å². The summed E-state index contributed by atoms with van der Waals surface area (Å²) in [6, 6.07) is 13.2. The molecule has 0 radical (unpaired) electrons. The molecular formula is C22H22N8O2. The average Bonchev–Trinajstić information content (AvgIpc) is 3.19. The van der Waals surface area contributed by atoms with Crippen molar-refractivity contribution in [2.75, 3.05) is 5.32 Å². The van der Waals surface area contributed by atoms with E-state index in [-0.39, 0.29) is 0 Å².